The molecule has 9 heteroatoms. The van der Waals surface area contributed by atoms with Crippen LogP contribution in [0.15, 0.2) is 48.2 Å². The second kappa shape index (κ2) is 8.86. The van der Waals surface area contributed by atoms with Crippen LogP contribution in [0.3, 0.4) is 0 Å². The van der Waals surface area contributed by atoms with E-state index in [1.807, 2.05) is 36.5 Å². The van der Waals surface area contributed by atoms with Gasteiger partial charge >= 0.3 is 0 Å². The minimum Gasteiger partial charge on any atom is -0.356 e. The number of rotatable bonds is 8. The predicted octanol–water partition coefficient (Wildman–Crippen LogP) is 1.80. The maximum Gasteiger partial charge on any atom is 0.226 e. The van der Waals surface area contributed by atoms with Crippen molar-refractivity contribution in [1.82, 2.24) is 25.3 Å². The summed E-state index contributed by atoms with van der Waals surface area (Å²) in [5, 5.41) is 17.5. The van der Waals surface area contributed by atoms with Crippen molar-refractivity contribution in [3.63, 3.8) is 0 Å². The van der Waals surface area contributed by atoms with E-state index in [4.69, 9.17) is 0 Å². The molecule has 0 aliphatic carbocycles. The van der Waals surface area contributed by atoms with Crippen molar-refractivity contribution in [2.75, 3.05) is 11.9 Å². The second-order valence-electron chi connectivity index (χ2n) is 5.52. The molecular weight excluding hydrogens is 352 g/mol. The number of hydrogen-bond acceptors (Lipinski definition) is 6. The molecule has 8 nitrogen and oxygen atoms in total. The molecule has 0 aliphatic rings. The summed E-state index contributed by atoms with van der Waals surface area (Å²) in [6, 6.07) is 9.82. The van der Waals surface area contributed by atoms with E-state index in [1.54, 1.807) is 10.9 Å². The Labute approximate surface area is 154 Å². The minimum absolute atomic E-state index is 0.108. The zero-order valence-corrected chi connectivity index (χ0v) is 14.8. The second-order valence-corrected chi connectivity index (χ2v) is 6.35. The van der Waals surface area contributed by atoms with E-state index in [9.17, 15) is 9.59 Å². The number of para-hydroxylation sites is 1. The Morgan fingerprint density at radius 1 is 1.12 bits per heavy atom. The highest BCUT2D eigenvalue weighted by Crippen LogP contribution is 2.09. The Kier molecular flexibility index (Phi) is 6.05. The van der Waals surface area contributed by atoms with Crippen molar-refractivity contribution >= 4 is 28.3 Å². The molecule has 0 aliphatic heterocycles. The summed E-state index contributed by atoms with van der Waals surface area (Å²) in [7, 11) is 0. The Morgan fingerprint density at radius 2 is 1.92 bits per heavy atom. The van der Waals surface area contributed by atoms with Crippen molar-refractivity contribution < 1.29 is 9.59 Å². The van der Waals surface area contributed by atoms with Gasteiger partial charge in [0.25, 0.3) is 0 Å². The molecule has 0 bridgehead atoms. The number of carbonyl (C=O) groups excluding carboxylic acids is 2. The first kappa shape index (κ1) is 17.7. The molecular formula is C17H18N6O2S. The lowest BCUT2D eigenvalue weighted by Gasteiger charge is -2.04. The Bertz CT molecular complexity index is 847. The van der Waals surface area contributed by atoms with Crippen LogP contribution in [-0.4, -0.2) is 38.3 Å². The van der Waals surface area contributed by atoms with Crippen molar-refractivity contribution in [2.24, 2.45) is 0 Å². The van der Waals surface area contributed by atoms with Crippen LogP contribution < -0.4 is 10.6 Å². The zero-order valence-electron chi connectivity index (χ0n) is 14.0. The van der Waals surface area contributed by atoms with Crippen LogP contribution in [0.4, 0.5) is 5.13 Å². The van der Waals surface area contributed by atoms with Crippen molar-refractivity contribution in [3.05, 3.63) is 53.8 Å². The maximum absolute atomic E-state index is 11.8. The topological polar surface area (TPSA) is 102 Å². The van der Waals surface area contributed by atoms with E-state index in [-0.39, 0.29) is 24.7 Å². The summed E-state index contributed by atoms with van der Waals surface area (Å²) in [6.45, 7) is 0.497. The monoisotopic (exact) mass is 370 g/mol. The molecule has 2 N–H and O–H groups in total. The number of benzene rings is 1. The van der Waals surface area contributed by atoms with Gasteiger partial charge in [-0.2, -0.15) is 5.10 Å². The molecule has 26 heavy (non-hydrogen) atoms. The Balaban J connectivity index is 1.36. The number of aromatic nitrogens is 4. The zero-order chi connectivity index (χ0) is 18.2. The van der Waals surface area contributed by atoms with Crippen LogP contribution in [0.5, 0.6) is 0 Å². The Hall–Kier alpha value is -3.07. The van der Waals surface area contributed by atoms with Crippen molar-refractivity contribution in [1.29, 1.82) is 0 Å². The SMILES string of the molecule is O=C(CCC(=O)Nc1nncs1)NCCc1cnn(-c2ccccc2)c1. The third kappa shape index (κ3) is 5.21. The van der Waals surface area contributed by atoms with Crippen LogP contribution >= 0.6 is 11.3 Å². The molecule has 3 aromatic rings. The molecule has 2 heterocycles. The highest BCUT2D eigenvalue weighted by molar-refractivity contribution is 7.13. The van der Waals surface area contributed by atoms with Gasteiger partial charge in [-0.15, -0.1) is 10.2 Å². The average Bonchev–Trinajstić information content (AvgIpc) is 3.33. The fraction of sp³-hybridized carbons (Fsp3) is 0.235. The first-order valence-electron chi connectivity index (χ1n) is 8.12. The molecule has 0 saturated heterocycles. The molecule has 0 radical (unpaired) electrons. The summed E-state index contributed by atoms with van der Waals surface area (Å²) in [4.78, 5) is 23.5. The smallest absolute Gasteiger partial charge is 0.226 e. The fourth-order valence-electron chi connectivity index (χ4n) is 2.28. The van der Waals surface area contributed by atoms with Crippen LogP contribution in [0.1, 0.15) is 18.4 Å². The number of carbonyl (C=O) groups is 2. The van der Waals surface area contributed by atoms with Gasteiger partial charge in [0.2, 0.25) is 16.9 Å². The predicted molar refractivity (Wildman–Crippen MR) is 98.1 cm³/mol. The molecule has 2 amide bonds. The normalized spacial score (nSPS) is 10.5. The molecule has 134 valence electrons. The third-order valence-electron chi connectivity index (χ3n) is 3.58. The highest BCUT2D eigenvalue weighted by Gasteiger charge is 2.09. The summed E-state index contributed by atoms with van der Waals surface area (Å²) < 4.78 is 1.80. The van der Waals surface area contributed by atoms with Gasteiger partial charge in [-0.3, -0.25) is 9.59 Å². The van der Waals surface area contributed by atoms with Crippen LogP contribution in [0.2, 0.25) is 0 Å². The van der Waals surface area contributed by atoms with E-state index in [0.717, 1.165) is 11.3 Å². The van der Waals surface area contributed by atoms with E-state index in [0.29, 0.717) is 18.1 Å². The first-order valence-corrected chi connectivity index (χ1v) is 9.00. The molecule has 0 atom stereocenters. The van der Waals surface area contributed by atoms with Gasteiger partial charge < -0.3 is 10.6 Å². The van der Waals surface area contributed by atoms with Crippen LogP contribution in [-0.2, 0) is 16.0 Å². The van der Waals surface area contributed by atoms with Gasteiger partial charge in [-0.05, 0) is 24.1 Å². The lowest BCUT2D eigenvalue weighted by atomic mass is 10.2. The van der Waals surface area contributed by atoms with Gasteiger partial charge in [0.1, 0.15) is 5.51 Å². The summed E-state index contributed by atoms with van der Waals surface area (Å²) in [6.07, 6.45) is 4.65. The van der Waals surface area contributed by atoms with Gasteiger partial charge in [0.05, 0.1) is 11.9 Å². The van der Waals surface area contributed by atoms with Gasteiger partial charge in [0, 0.05) is 25.6 Å². The van der Waals surface area contributed by atoms with Crippen molar-refractivity contribution in [3.8, 4) is 5.69 Å². The van der Waals surface area contributed by atoms with E-state index < -0.39 is 0 Å². The summed E-state index contributed by atoms with van der Waals surface area (Å²) in [5.41, 5.74) is 3.55. The molecule has 2 aromatic heterocycles. The number of hydrogen-bond donors (Lipinski definition) is 2. The molecule has 3 rings (SSSR count). The minimum atomic E-state index is -0.249. The number of nitrogens with one attached hydrogen (secondary N) is 2. The lowest BCUT2D eigenvalue weighted by Crippen LogP contribution is -2.26. The third-order valence-corrected chi connectivity index (χ3v) is 4.18. The van der Waals surface area contributed by atoms with Gasteiger partial charge in [0.15, 0.2) is 0 Å². The van der Waals surface area contributed by atoms with E-state index in [1.165, 1.54) is 16.8 Å². The lowest BCUT2D eigenvalue weighted by molar-refractivity contribution is -0.124. The molecule has 0 spiro atoms. The molecule has 0 saturated carbocycles. The molecule has 1 aromatic carbocycles. The van der Waals surface area contributed by atoms with Crippen molar-refractivity contribution in [2.45, 2.75) is 19.3 Å². The fourth-order valence-corrected chi connectivity index (χ4v) is 2.74. The quantitative estimate of drug-likeness (QED) is 0.629. The highest BCUT2D eigenvalue weighted by atomic mass is 32.1. The van der Waals surface area contributed by atoms with Crippen LogP contribution in [0, 0.1) is 0 Å². The van der Waals surface area contributed by atoms with Crippen LogP contribution in [0.25, 0.3) is 5.69 Å². The van der Waals surface area contributed by atoms with E-state index >= 15 is 0 Å². The summed E-state index contributed by atoms with van der Waals surface area (Å²) >= 11 is 1.23. The number of amides is 2. The number of anilines is 1. The summed E-state index contributed by atoms with van der Waals surface area (Å²) in [5.74, 6) is -0.408. The maximum atomic E-state index is 11.8. The Morgan fingerprint density at radius 3 is 2.69 bits per heavy atom. The standard InChI is InChI=1S/C17H18N6O2S/c24-15(6-7-16(25)21-17-22-19-12-26-17)18-9-8-13-10-20-23(11-13)14-4-2-1-3-5-14/h1-5,10-12H,6-9H2,(H,18,24)(H,21,22,25). The average molecular weight is 370 g/mol. The van der Waals surface area contributed by atoms with Gasteiger partial charge in [-0.25, -0.2) is 4.68 Å². The largest absolute Gasteiger partial charge is 0.356 e. The first-order chi connectivity index (χ1) is 12.7. The van der Waals surface area contributed by atoms with E-state index in [2.05, 4.69) is 25.9 Å². The van der Waals surface area contributed by atoms with Gasteiger partial charge in [-0.1, -0.05) is 29.5 Å². The molecule has 0 fully saturated rings. The number of nitrogens with zero attached hydrogens (tertiary/aromatic N) is 4. The molecule has 0 unspecified atom stereocenters.